The Bertz CT molecular complexity index is 433. The van der Waals surface area contributed by atoms with Crippen molar-refractivity contribution in [2.24, 2.45) is 11.7 Å². The van der Waals surface area contributed by atoms with Crippen molar-refractivity contribution in [1.29, 1.82) is 0 Å². The van der Waals surface area contributed by atoms with E-state index in [1.807, 2.05) is 6.07 Å². The summed E-state index contributed by atoms with van der Waals surface area (Å²) < 4.78 is 5.34. The van der Waals surface area contributed by atoms with E-state index in [1.54, 1.807) is 7.11 Å². The molecule has 19 heavy (non-hydrogen) atoms. The third kappa shape index (κ3) is 2.85. The molecule has 2 rings (SSSR count). The van der Waals surface area contributed by atoms with Crippen molar-refractivity contribution in [3.05, 3.63) is 23.8 Å². The van der Waals surface area contributed by atoms with Crippen molar-refractivity contribution in [1.82, 2.24) is 4.90 Å². The Labute approximate surface area is 116 Å². The summed E-state index contributed by atoms with van der Waals surface area (Å²) in [6.07, 6.45) is 0. The summed E-state index contributed by atoms with van der Waals surface area (Å²) in [5, 5.41) is 0. The molecule has 0 spiro atoms. The molecule has 0 radical (unpaired) electrons. The molecule has 4 heteroatoms. The van der Waals surface area contributed by atoms with Gasteiger partial charge in [-0.25, -0.2) is 0 Å². The van der Waals surface area contributed by atoms with Crippen LogP contribution in [0.2, 0.25) is 0 Å². The Morgan fingerprint density at radius 1 is 1.37 bits per heavy atom. The first-order valence-corrected chi connectivity index (χ1v) is 6.85. The van der Waals surface area contributed by atoms with Crippen LogP contribution in [0, 0.1) is 5.92 Å². The Morgan fingerprint density at radius 3 is 2.63 bits per heavy atom. The van der Waals surface area contributed by atoms with Gasteiger partial charge < -0.3 is 20.3 Å². The fourth-order valence-electron chi connectivity index (χ4n) is 2.96. The first-order chi connectivity index (χ1) is 9.06. The van der Waals surface area contributed by atoms with E-state index in [2.05, 4.69) is 43.0 Å². The van der Waals surface area contributed by atoms with E-state index in [4.69, 9.17) is 10.5 Å². The number of hydrogen-bond acceptors (Lipinski definition) is 4. The predicted octanol–water partition coefficient (Wildman–Crippen LogP) is 1.54. The summed E-state index contributed by atoms with van der Waals surface area (Å²) >= 11 is 0. The number of methoxy groups -OCH3 is 1. The lowest BCUT2D eigenvalue weighted by Crippen LogP contribution is -2.34. The smallest absolute Gasteiger partial charge is 0.120 e. The van der Waals surface area contributed by atoms with E-state index in [0.29, 0.717) is 18.5 Å². The highest BCUT2D eigenvalue weighted by Crippen LogP contribution is 2.31. The van der Waals surface area contributed by atoms with Gasteiger partial charge in [0.05, 0.1) is 7.11 Å². The van der Waals surface area contributed by atoms with Gasteiger partial charge in [0.2, 0.25) is 0 Å². The topological polar surface area (TPSA) is 41.7 Å². The van der Waals surface area contributed by atoms with Gasteiger partial charge >= 0.3 is 0 Å². The lowest BCUT2D eigenvalue weighted by Gasteiger charge is -2.24. The van der Waals surface area contributed by atoms with Gasteiger partial charge in [-0.2, -0.15) is 0 Å². The van der Waals surface area contributed by atoms with Gasteiger partial charge in [-0.1, -0.05) is 13.0 Å². The maximum Gasteiger partial charge on any atom is 0.120 e. The number of ether oxygens (including phenoxy) is 1. The fourth-order valence-corrected chi connectivity index (χ4v) is 2.96. The van der Waals surface area contributed by atoms with Crippen LogP contribution < -0.4 is 15.4 Å². The summed E-state index contributed by atoms with van der Waals surface area (Å²) in [4.78, 5) is 4.74. The molecule has 0 aliphatic carbocycles. The average molecular weight is 263 g/mol. The zero-order chi connectivity index (χ0) is 14.0. The van der Waals surface area contributed by atoms with E-state index in [1.165, 1.54) is 11.3 Å². The van der Waals surface area contributed by atoms with Gasteiger partial charge in [0, 0.05) is 37.4 Å². The van der Waals surface area contributed by atoms with Gasteiger partial charge in [0.1, 0.15) is 5.75 Å². The minimum absolute atomic E-state index is 0.566. The van der Waals surface area contributed by atoms with Crippen LogP contribution in [0.3, 0.4) is 0 Å². The summed E-state index contributed by atoms with van der Waals surface area (Å²) in [5.41, 5.74) is 8.27. The van der Waals surface area contributed by atoms with Gasteiger partial charge in [0.15, 0.2) is 0 Å². The molecule has 1 aliphatic heterocycles. The Morgan fingerprint density at radius 2 is 2.11 bits per heavy atom. The molecule has 2 unspecified atom stereocenters. The molecule has 2 atom stereocenters. The molecule has 2 N–H and O–H groups in total. The van der Waals surface area contributed by atoms with Crippen LogP contribution in [0.1, 0.15) is 12.5 Å². The fraction of sp³-hybridized carbons (Fsp3) is 0.600. The summed E-state index contributed by atoms with van der Waals surface area (Å²) in [5.74, 6) is 1.56. The zero-order valence-electron chi connectivity index (χ0n) is 12.4. The van der Waals surface area contributed by atoms with Crippen molar-refractivity contribution in [2.45, 2.75) is 19.5 Å². The molecule has 4 nitrogen and oxygen atoms in total. The number of nitrogens with zero attached hydrogens (tertiary/aromatic N) is 2. The van der Waals surface area contributed by atoms with E-state index in [9.17, 15) is 0 Å². The second kappa shape index (κ2) is 5.80. The Hall–Kier alpha value is -1.26. The molecule has 1 aromatic carbocycles. The number of likely N-dealkylation sites (N-methyl/N-ethyl adjacent to an activating group) is 1. The van der Waals surface area contributed by atoms with Crippen molar-refractivity contribution in [3.63, 3.8) is 0 Å². The second-order valence-corrected chi connectivity index (χ2v) is 5.61. The molecular formula is C15H25N3O. The number of anilines is 1. The van der Waals surface area contributed by atoms with Crippen LogP contribution in [0.5, 0.6) is 5.75 Å². The molecule has 0 saturated carbocycles. The minimum atomic E-state index is 0.566. The Kier molecular flexibility index (Phi) is 4.32. The second-order valence-electron chi connectivity index (χ2n) is 5.61. The molecule has 0 amide bonds. The predicted molar refractivity (Wildman–Crippen MR) is 79.7 cm³/mol. The standard InChI is InChI=1S/C15H25N3O/c1-11-9-18(10-15(11)17(2)3)14-7-13(19-4)6-5-12(14)8-16/h5-7,11,15H,8-10,16H2,1-4H3. The first-order valence-electron chi connectivity index (χ1n) is 6.85. The normalized spacial score (nSPS) is 23.2. The van der Waals surface area contributed by atoms with Crippen LogP contribution >= 0.6 is 0 Å². The van der Waals surface area contributed by atoms with Crippen LogP contribution in [-0.4, -0.2) is 45.2 Å². The molecule has 1 aliphatic rings. The quantitative estimate of drug-likeness (QED) is 0.895. The molecule has 0 bridgehead atoms. The van der Waals surface area contributed by atoms with Crippen LogP contribution in [0.25, 0.3) is 0 Å². The SMILES string of the molecule is COc1ccc(CN)c(N2CC(C)C(N(C)C)C2)c1. The lowest BCUT2D eigenvalue weighted by molar-refractivity contribution is 0.266. The number of nitrogens with two attached hydrogens (primary N) is 1. The van der Waals surface area contributed by atoms with E-state index >= 15 is 0 Å². The van der Waals surface area contributed by atoms with E-state index in [-0.39, 0.29) is 0 Å². The van der Waals surface area contributed by atoms with Crippen molar-refractivity contribution >= 4 is 5.69 Å². The van der Waals surface area contributed by atoms with E-state index < -0.39 is 0 Å². The number of rotatable bonds is 4. The van der Waals surface area contributed by atoms with Gasteiger partial charge in [-0.05, 0) is 31.6 Å². The number of benzene rings is 1. The van der Waals surface area contributed by atoms with Crippen molar-refractivity contribution < 1.29 is 4.74 Å². The lowest BCUT2D eigenvalue weighted by atomic mass is 10.1. The minimum Gasteiger partial charge on any atom is -0.497 e. The molecule has 1 saturated heterocycles. The monoisotopic (exact) mass is 263 g/mol. The van der Waals surface area contributed by atoms with E-state index in [0.717, 1.165) is 18.8 Å². The molecular weight excluding hydrogens is 238 g/mol. The van der Waals surface area contributed by atoms with Crippen LogP contribution in [0.15, 0.2) is 18.2 Å². The highest BCUT2D eigenvalue weighted by atomic mass is 16.5. The molecule has 1 aromatic rings. The molecule has 106 valence electrons. The zero-order valence-corrected chi connectivity index (χ0v) is 12.4. The van der Waals surface area contributed by atoms with Crippen molar-refractivity contribution in [2.75, 3.05) is 39.2 Å². The average Bonchev–Trinajstić information content (AvgIpc) is 2.80. The number of hydrogen-bond donors (Lipinski definition) is 1. The van der Waals surface area contributed by atoms with Gasteiger partial charge in [-0.3, -0.25) is 0 Å². The maximum absolute atomic E-state index is 5.86. The van der Waals surface area contributed by atoms with Crippen molar-refractivity contribution in [3.8, 4) is 5.75 Å². The largest absolute Gasteiger partial charge is 0.497 e. The highest BCUT2D eigenvalue weighted by molar-refractivity contribution is 5.58. The summed E-state index contributed by atoms with van der Waals surface area (Å²) in [6.45, 7) is 5.00. The third-order valence-corrected chi connectivity index (χ3v) is 4.09. The maximum atomic E-state index is 5.86. The van der Waals surface area contributed by atoms with Crippen LogP contribution in [-0.2, 0) is 6.54 Å². The first kappa shape index (κ1) is 14.2. The molecule has 0 aromatic heterocycles. The molecule has 1 fully saturated rings. The Balaban J connectivity index is 2.27. The van der Waals surface area contributed by atoms with Gasteiger partial charge in [0.25, 0.3) is 0 Å². The van der Waals surface area contributed by atoms with Crippen LogP contribution in [0.4, 0.5) is 5.69 Å². The summed E-state index contributed by atoms with van der Waals surface area (Å²) in [7, 11) is 6.01. The molecule has 1 heterocycles. The van der Waals surface area contributed by atoms with Gasteiger partial charge in [-0.15, -0.1) is 0 Å². The highest BCUT2D eigenvalue weighted by Gasteiger charge is 2.31. The third-order valence-electron chi connectivity index (χ3n) is 4.09. The summed E-state index contributed by atoms with van der Waals surface area (Å²) in [6, 6.07) is 6.75.